The van der Waals surface area contributed by atoms with E-state index in [2.05, 4.69) is 5.10 Å². The van der Waals surface area contributed by atoms with Gasteiger partial charge < -0.3 is 9.47 Å². The highest BCUT2D eigenvalue weighted by molar-refractivity contribution is 6.34. The molecule has 0 atom stereocenters. The molecule has 0 fully saturated rings. The molecule has 0 aliphatic rings. The van der Waals surface area contributed by atoms with Crippen LogP contribution in [0.3, 0.4) is 0 Å². The maximum atomic E-state index is 13.8. The predicted molar refractivity (Wildman–Crippen MR) is 105 cm³/mol. The summed E-state index contributed by atoms with van der Waals surface area (Å²) >= 11 is 5.98. The Kier molecular flexibility index (Phi) is 6.29. The fraction of sp³-hybridized carbons (Fsp3) is 0.143. The van der Waals surface area contributed by atoms with E-state index in [0.717, 1.165) is 12.1 Å². The van der Waals surface area contributed by atoms with Gasteiger partial charge >= 0.3 is 0 Å². The van der Waals surface area contributed by atoms with E-state index in [1.807, 2.05) is 0 Å². The Morgan fingerprint density at radius 2 is 1.97 bits per heavy atom. The zero-order valence-electron chi connectivity index (χ0n) is 15.7. The molecule has 0 bridgehead atoms. The van der Waals surface area contributed by atoms with E-state index < -0.39 is 11.6 Å². The van der Waals surface area contributed by atoms with Crippen molar-refractivity contribution in [1.29, 1.82) is 0 Å². The van der Waals surface area contributed by atoms with E-state index in [-0.39, 0.29) is 28.9 Å². The Bertz CT molecular complexity index is 1080. The maximum absolute atomic E-state index is 13.8. The molecule has 0 unspecified atom stereocenters. The number of rotatable bonds is 7. The van der Waals surface area contributed by atoms with E-state index in [4.69, 9.17) is 21.1 Å². The second kappa shape index (κ2) is 8.87. The molecule has 0 aliphatic heterocycles. The lowest BCUT2D eigenvalue weighted by atomic mass is 10.1. The summed E-state index contributed by atoms with van der Waals surface area (Å²) < 4.78 is 39.0. The Hall–Kier alpha value is -3.19. The van der Waals surface area contributed by atoms with Crippen molar-refractivity contribution in [1.82, 2.24) is 9.78 Å². The number of ketones is 1. The molecule has 3 aromatic rings. The average molecular weight is 419 g/mol. The van der Waals surface area contributed by atoms with Crippen LogP contribution < -0.4 is 9.47 Å². The lowest BCUT2D eigenvalue weighted by Crippen LogP contribution is -2.01. The van der Waals surface area contributed by atoms with Gasteiger partial charge in [-0.3, -0.25) is 9.48 Å². The molecule has 0 radical (unpaired) electrons. The summed E-state index contributed by atoms with van der Waals surface area (Å²) in [7, 11) is 3.17. The highest BCUT2D eigenvalue weighted by atomic mass is 35.5. The molecule has 5 nitrogen and oxygen atoms in total. The van der Waals surface area contributed by atoms with Crippen LogP contribution in [0.5, 0.6) is 11.5 Å². The summed E-state index contributed by atoms with van der Waals surface area (Å²) in [6.45, 7) is -0.00653. The van der Waals surface area contributed by atoms with Gasteiger partial charge in [0, 0.05) is 24.9 Å². The van der Waals surface area contributed by atoms with Crippen LogP contribution in [-0.4, -0.2) is 22.7 Å². The van der Waals surface area contributed by atoms with E-state index >= 15 is 0 Å². The van der Waals surface area contributed by atoms with Crippen molar-refractivity contribution in [2.45, 2.75) is 6.61 Å². The number of aromatic nitrogens is 2. The normalized spacial score (nSPS) is 11.1. The van der Waals surface area contributed by atoms with Crippen LogP contribution in [-0.2, 0) is 13.7 Å². The Balaban J connectivity index is 1.77. The molecule has 3 rings (SSSR count). The molecule has 0 saturated heterocycles. The summed E-state index contributed by atoms with van der Waals surface area (Å²) in [5.41, 5.74) is 1.49. The van der Waals surface area contributed by atoms with Gasteiger partial charge in [0.25, 0.3) is 0 Å². The third kappa shape index (κ3) is 5.00. The number of allylic oxidation sites excluding steroid dienone is 1. The standard InChI is InChI=1S/C21H17ClF2N2O3/c1-26-11-16(22)21(25-26)18(27)6-3-13-4-7-19(28-2)14(9-13)12-29-20-8-5-15(23)10-17(20)24/h3-11H,12H2,1-2H3/b6-3+. The average Bonchev–Trinajstić information content (AvgIpc) is 3.03. The summed E-state index contributed by atoms with van der Waals surface area (Å²) in [6, 6.07) is 8.28. The van der Waals surface area contributed by atoms with E-state index in [9.17, 15) is 13.6 Å². The Morgan fingerprint density at radius 1 is 1.21 bits per heavy atom. The van der Waals surface area contributed by atoms with Crippen molar-refractivity contribution in [3.63, 3.8) is 0 Å². The van der Waals surface area contributed by atoms with Crippen molar-refractivity contribution in [3.05, 3.63) is 82.1 Å². The van der Waals surface area contributed by atoms with Gasteiger partial charge in [0.2, 0.25) is 5.78 Å². The molecule has 8 heteroatoms. The number of methoxy groups -OCH3 is 1. The monoisotopic (exact) mass is 418 g/mol. The second-order valence-corrected chi connectivity index (χ2v) is 6.54. The first-order chi connectivity index (χ1) is 13.9. The van der Waals surface area contributed by atoms with Crippen LogP contribution in [0.15, 0.2) is 48.7 Å². The van der Waals surface area contributed by atoms with Gasteiger partial charge in [-0.05, 0) is 35.9 Å². The Labute approximate surface area is 171 Å². The second-order valence-electron chi connectivity index (χ2n) is 6.13. The molecule has 0 amide bonds. The highest BCUT2D eigenvalue weighted by Gasteiger charge is 2.12. The number of hydrogen-bond donors (Lipinski definition) is 0. The summed E-state index contributed by atoms with van der Waals surface area (Å²) in [5.74, 6) is -1.36. The fourth-order valence-electron chi connectivity index (χ4n) is 2.64. The van der Waals surface area contributed by atoms with Crippen LogP contribution in [0, 0.1) is 11.6 Å². The molecule has 2 aromatic carbocycles. The maximum Gasteiger partial charge on any atom is 0.207 e. The first kappa shape index (κ1) is 20.5. The highest BCUT2D eigenvalue weighted by Crippen LogP contribution is 2.25. The van der Waals surface area contributed by atoms with Gasteiger partial charge in [0.15, 0.2) is 17.3 Å². The molecule has 150 valence electrons. The number of benzene rings is 2. The van der Waals surface area contributed by atoms with Crippen LogP contribution >= 0.6 is 11.6 Å². The van der Waals surface area contributed by atoms with Gasteiger partial charge in [-0.15, -0.1) is 0 Å². The minimum atomic E-state index is -0.794. The van der Waals surface area contributed by atoms with Gasteiger partial charge in [0.05, 0.1) is 12.1 Å². The van der Waals surface area contributed by atoms with Crippen molar-refractivity contribution < 1.29 is 23.0 Å². The van der Waals surface area contributed by atoms with Crippen molar-refractivity contribution in [2.75, 3.05) is 7.11 Å². The minimum Gasteiger partial charge on any atom is -0.496 e. The first-order valence-corrected chi connectivity index (χ1v) is 8.91. The van der Waals surface area contributed by atoms with E-state index in [1.165, 1.54) is 23.9 Å². The van der Waals surface area contributed by atoms with E-state index in [1.54, 1.807) is 37.5 Å². The summed E-state index contributed by atoms with van der Waals surface area (Å²) in [5, 5.41) is 4.30. The molecular formula is C21H17ClF2N2O3. The predicted octanol–water partition coefficient (Wildman–Crippen LogP) is 4.84. The molecular weight excluding hydrogens is 402 g/mol. The largest absolute Gasteiger partial charge is 0.496 e. The topological polar surface area (TPSA) is 53.3 Å². The third-order valence-corrected chi connectivity index (χ3v) is 4.30. The van der Waals surface area contributed by atoms with Crippen molar-refractivity contribution >= 4 is 23.5 Å². The molecule has 0 saturated carbocycles. The van der Waals surface area contributed by atoms with Gasteiger partial charge in [-0.2, -0.15) is 5.10 Å². The van der Waals surface area contributed by atoms with Crippen molar-refractivity contribution in [2.24, 2.45) is 7.05 Å². The number of ether oxygens (including phenoxy) is 2. The van der Waals surface area contributed by atoms with Gasteiger partial charge in [0.1, 0.15) is 18.2 Å². The van der Waals surface area contributed by atoms with Crippen molar-refractivity contribution in [3.8, 4) is 11.5 Å². The summed E-state index contributed by atoms with van der Waals surface area (Å²) in [4.78, 5) is 12.3. The quantitative estimate of drug-likeness (QED) is 0.407. The molecule has 0 aliphatic carbocycles. The summed E-state index contributed by atoms with van der Waals surface area (Å²) in [6.07, 6.45) is 4.51. The SMILES string of the molecule is COc1ccc(/C=C/C(=O)c2nn(C)cc2Cl)cc1COc1ccc(F)cc1F. The number of halogens is 3. The molecule has 0 N–H and O–H groups in total. The number of aryl methyl sites for hydroxylation is 1. The zero-order valence-corrected chi connectivity index (χ0v) is 16.4. The van der Waals surface area contributed by atoms with Crippen LogP contribution in [0.1, 0.15) is 21.6 Å². The smallest absolute Gasteiger partial charge is 0.207 e. The molecule has 29 heavy (non-hydrogen) atoms. The lowest BCUT2D eigenvalue weighted by Gasteiger charge is -2.12. The van der Waals surface area contributed by atoms with E-state index in [0.29, 0.717) is 16.9 Å². The Morgan fingerprint density at radius 3 is 2.62 bits per heavy atom. The van der Waals surface area contributed by atoms with Crippen LogP contribution in [0.25, 0.3) is 6.08 Å². The number of carbonyl (C=O) groups is 1. The zero-order chi connectivity index (χ0) is 21.0. The molecule has 1 heterocycles. The number of hydrogen-bond acceptors (Lipinski definition) is 4. The number of carbonyl (C=O) groups excluding carboxylic acids is 1. The minimum absolute atomic E-state index is 0.00653. The third-order valence-electron chi connectivity index (χ3n) is 4.03. The fourth-order valence-corrected chi connectivity index (χ4v) is 2.91. The van der Waals surface area contributed by atoms with Crippen LogP contribution in [0.2, 0.25) is 5.02 Å². The first-order valence-electron chi connectivity index (χ1n) is 8.53. The number of nitrogens with zero attached hydrogens (tertiary/aromatic N) is 2. The lowest BCUT2D eigenvalue weighted by molar-refractivity contribution is 0.104. The van der Waals surface area contributed by atoms with Crippen LogP contribution in [0.4, 0.5) is 8.78 Å². The molecule has 1 aromatic heterocycles. The van der Waals surface area contributed by atoms with Gasteiger partial charge in [-0.1, -0.05) is 23.7 Å². The van der Waals surface area contributed by atoms with Gasteiger partial charge in [-0.25, -0.2) is 8.78 Å². The molecule has 0 spiro atoms.